The van der Waals surface area contributed by atoms with Gasteiger partial charge in [-0.05, 0) is 29.8 Å². The molecule has 0 aliphatic carbocycles. The van der Waals surface area contributed by atoms with Crippen LogP contribution in [-0.4, -0.2) is 29.1 Å². The number of rotatable bonds is 4. The van der Waals surface area contributed by atoms with Gasteiger partial charge in [-0.3, -0.25) is 4.98 Å². The molecule has 2 heterocycles. The van der Waals surface area contributed by atoms with Gasteiger partial charge in [-0.15, -0.1) is 0 Å². The summed E-state index contributed by atoms with van der Waals surface area (Å²) in [7, 11) is 3.34. The van der Waals surface area contributed by atoms with E-state index in [4.69, 9.17) is 4.74 Å². The van der Waals surface area contributed by atoms with Gasteiger partial charge in [0.15, 0.2) is 17.2 Å². The van der Waals surface area contributed by atoms with Crippen molar-refractivity contribution in [2.45, 2.75) is 6.54 Å². The van der Waals surface area contributed by atoms with Crippen molar-refractivity contribution in [3.8, 4) is 5.75 Å². The molecular weight excluding hydrogens is 283 g/mol. The van der Waals surface area contributed by atoms with Gasteiger partial charge in [-0.1, -0.05) is 6.07 Å². The van der Waals surface area contributed by atoms with E-state index in [9.17, 15) is 4.39 Å². The van der Waals surface area contributed by atoms with Crippen molar-refractivity contribution in [3.63, 3.8) is 0 Å². The minimum absolute atomic E-state index is 0.241. The lowest BCUT2D eigenvalue weighted by molar-refractivity contribution is 0.386. The van der Waals surface area contributed by atoms with E-state index in [0.717, 1.165) is 16.9 Å². The normalized spacial score (nSPS) is 10.7. The van der Waals surface area contributed by atoms with Gasteiger partial charge in [0.1, 0.15) is 11.3 Å². The predicted octanol–water partition coefficient (Wildman–Crippen LogP) is 2.81. The van der Waals surface area contributed by atoms with E-state index in [0.29, 0.717) is 12.2 Å². The maximum Gasteiger partial charge on any atom is 0.180 e. The summed E-state index contributed by atoms with van der Waals surface area (Å²) < 4.78 is 18.7. The van der Waals surface area contributed by atoms with Crippen LogP contribution in [0.1, 0.15) is 5.56 Å². The highest BCUT2D eigenvalue weighted by Gasteiger charge is 2.08. The Balaban J connectivity index is 1.83. The quantitative estimate of drug-likeness (QED) is 0.741. The first-order valence-electron chi connectivity index (χ1n) is 6.78. The molecule has 0 fully saturated rings. The number of benzene rings is 1. The maximum absolute atomic E-state index is 13.7. The topological polar surface area (TPSA) is 51.1 Å². The van der Waals surface area contributed by atoms with Crippen LogP contribution >= 0.6 is 0 Å². The number of ether oxygens (including phenoxy) is 1. The van der Waals surface area contributed by atoms with Gasteiger partial charge < -0.3 is 9.64 Å². The second-order valence-electron chi connectivity index (χ2n) is 4.89. The molecule has 6 heteroatoms. The van der Waals surface area contributed by atoms with E-state index in [2.05, 4.69) is 15.0 Å². The Hall–Kier alpha value is -2.76. The van der Waals surface area contributed by atoms with Crippen LogP contribution in [0.2, 0.25) is 0 Å². The van der Waals surface area contributed by atoms with Gasteiger partial charge in [0, 0.05) is 26.0 Å². The Morgan fingerprint density at radius 1 is 1.14 bits per heavy atom. The van der Waals surface area contributed by atoms with E-state index in [1.165, 1.54) is 13.2 Å². The van der Waals surface area contributed by atoms with Crippen molar-refractivity contribution >= 4 is 17.0 Å². The summed E-state index contributed by atoms with van der Waals surface area (Å²) in [5.74, 6) is 0.625. The number of fused-ring (bicyclic) bond motifs is 1. The highest BCUT2D eigenvalue weighted by molar-refractivity contribution is 5.71. The average molecular weight is 298 g/mol. The van der Waals surface area contributed by atoms with Crippen molar-refractivity contribution in [3.05, 3.63) is 54.1 Å². The number of nitrogens with zero attached hydrogens (tertiary/aromatic N) is 4. The summed E-state index contributed by atoms with van der Waals surface area (Å²) in [6.07, 6.45) is 3.24. The Kier molecular flexibility index (Phi) is 3.82. The largest absolute Gasteiger partial charge is 0.494 e. The van der Waals surface area contributed by atoms with Gasteiger partial charge in [0.25, 0.3) is 0 Å². The first-order valence-corrected chi connectivity index (χ1v) is 6.78. The third-order valence-corrected chi connectivity index (χ3v) is 3.34. The molecule has 112 valence electrons. The van der Waals surface area contributed by atoms with Crippen molar-refractivity contribution in [2.75, 3.05) is 19.1 Å². The van der Waals surface area contributed by atoms with Crippen LogP contribution in [0.5, 0.6) is 5.75 Å². The van der Waals surface area contributed by atoms with Crippen molar-refractivity contribution in [2.24, 2.45) is 0 Å². The number of pyridine rings is 1. The molecule has 3 rings (SSSR count). The van der Waals surface area contributed by atoms with Crippen LogP contribution in [0.3, 0.4) is 0 Å². The second-order valence-corrected chi connectivity index (χ2v) is 4.89. The minimum Gasteiger partial charge on any atom is -0.494 e. The zero-order valence-electron chi connectivity index (χ0n) is 12.3. The summed E-state index contributed by atoms with van der Waals surface area (Å²) in [5.41, 5.74) is 2.17. The number of halogens is 1. The standard InChI is InChI=1S/C16H15FN4O/c1-21(10-11-3-5-14(22-2)12(17)9-11)15-6-4-13-16(20-15)19-8-7-18-13/h3-9H,10H2,1-2H3. The SMILES string of the molecule is COc1ccc(CN(C)c2ccc3nccnc3n2)cc1F. The van der Waals surface area contributed by atoms with Crippen molar-refractivity contribution in [1.29, 1.82) is 0 Å². The highest BCUT2D eigenvalue weighted by Crippen LogP contribution is 2.20. The van der Waals surface area contributed by atoms with Crippen LogP contribution in [0.25, 0.3) is 11.2 Å². The van der Waals surface area contributed by atoms with E-state index in [-0.39, 0.29) is 11.6 Å². The third kappa shape index (κ3) is 2.81. The Morgan fingerprint density at radius 3 is 2.73 bits per heavy atom. The smallest absolute Gasteiger partial charge is 0.180 e. The van der Waals surface area contributed by atoms with Crippen molar-refractivity contribution < 1.29 is 9.13 Å². The summed E-state index contributed by atoms with van der Waals surface area (Å²) >= 11 is 0. The highest BCUT2D eigenvalue weighted by atomic mass is 19.1. The summed E-state index contributed by atoms with van der Waals surface area (Å²) in [6, 6.07) is 8.67. The molecule has 0 unspecified atom stereocenters. The van der Waals surface area contributed by atoms with Crippen LogP contribution in [0.15, 0.2) is 42.7 Å². The number of aromatic nitrogens is 3. The fourth-order valence-corrected chi connectivity index (χ4v) is 2.22. The third-order valence-electron chi connectivity index (χ3n) is 3.34. The van der Waals surface area contributed by atoms with E-state index >= 15 is 0 Å². The molecule has 0 bridgehead atoms. The number of hydrogen-bond acceptors (Lipinski definition) is 5. The fourth-order valence-electron chi connectivity index (χ4n) is 2.22. The summed E-state index contributed by atoms with van der Waals surface area (Å²) in [6.45, 7) is 0.527. The average Bonchev–Trinajstić information content (AvgIpc) is 2.54. The van der Waals surface area contributed by atoms with Crippen LogP contribution in [0.4, 0.5) is 10.2 Å². The van der Waals surface area contributed by atoms with Gasteiger partial charge in [-0.25, -0.2) is 14.4 Å². The van der Waals surface area contributed by atoms with Crippen LogP contribution < -0.4 is 9.64 Å². The zero-order valence-corrected chi connectivity index (χ0v) is 12.3. The molecule has 0 N–H and O–H groups in total. The number of methoxy groups -OCH3 is 1. The molecule has 0 saturated carbocycles. The zero-order chi connectivity index (χ0) is 15.5. The maximum atomic E-state index is 13.7. The molecule has 0 atom stereocenters. The van der Waals surface area contributed by atoms with Crippen LogP contribution in [-0.2, 0) is 6.54 Å². The molecule has 0 radical (unpaired) electrons. The monoisotopic (exact) mass is 298 g/mol. The molecule has 0 aliphatic rings. The fraction of sp³-hybridized carbons (Fsp3) is 0.188. The lowest BCUT2D eigenvalue weighted by Crippen LogP contribution is -2.17. The lowest BCUT2D eigenvalue weighted by Gasteiger charge is -2.18. The molecule has 3 aromatic rings. The number of hydrogen-bond donors (Lipinski definition) is 0. The molecule has 22 heavy (non-hydrogen) atoms. The molecule has 5 nitrogen and oxygen atoms in total. The number of anilines is 1. The first kappa shape index (κ1) is 14.2. The molecule has 2 aromatic heterocycles. The van der Waals surface area contributed by atoms with Crippen LogP contribution in [0, 0.1) is 5.82 Å². The molecule has 0 aliphatic heterocycles. The lowest BCUT2D eigenvalue weighted by atomic mass is 10.2. The summed E-state index contributed by atoms with van der Waals surface area (Å²) in [5, 5.41) is 0. The van der Waals surface area contributed by atoms with E-state index in [1.54, 1.807) is 18.5 Å². The van der Waals surface area contributed by atoms with Crippen molar-refractivity contribution in [1.82, 2.24) is 15.0 Å². The summed E-state index contributed by atoms with van der Waals surface area (Å²) in [4.78, 5) is 14.8. The molecule has 1 aromatic carbocycles. The Labute approximate surface area is 127 Å². The van der Waals surface area contributed by atoms with Gasteiger partial charge in [-0.2, -0.15) is 0 Å². The second kappa shape index (κ2) is 5.93. The Morgan fingerprint density at radius 2 is 1.95 bits per heavy atom. The molecule has 0 spiro atoms. The minimum atomic E-state index is -0.370. The van der Waals surface area contributed by atoms with E-state index in [1.807, 2.05) is 30.1 Å². The first-order chi connectivity index (χ1) is 10.7. The van der Waals surface area contributed by atoms with Gasteiger partial charge in [0.2, 0.25) is 0 Å². The van der Waals surface area contributed by atoms with Gasteiger partial charge in [0.05, 0.1) is 7.11 Å². The Bertz CT molecular complexity index is 809. The molecule has 0 amide bonds. The van der Waals surface area contributed by atoms with E-state index < -0.39 is 0 Å². The molecular formula is C16H15FN4O. The van der Waals surface area contributed by atoms with Gasteiger partial charge >= 0.3 is 0 Å². The predicted molar refractivity (Wildman–Crippen MR) is 82.4 cm³/mol. The molecule has 0 saturated heterocycles.